The molecule has 0 aromatic heterocycles. The van der Waals surface area contributed by atoms with E-state index in [2.05, 4.69) is 5.32 Å². The first-order valence-corrected chi connectivity index (χ1v) is 5.38. The molecule has 0 bridgehead atoms. The molecule has 2 unspecified atom stereocenters. The van der Waals surface area contributed by atoms with Crippen LogP contribution in [0.5, 0.6) is 0 Å². The molecule has 2 N–H and O–H groups in total. The molecular formula is C9H8ClNO2S. The third-order valence-electron chi connectivity index (χ3n) is 1.91. The molecule has 0 aliphatic carbocycles. The molecule has 1 saturated heterocycles. The van der Waals surface area contributed by atoms with E-state index in [1.165, 1.54) is 11.8 Å². The Bertz CT molecular complexity index is 372. The molecule has 2 atom stereocenters. The summed E-state index contributed by atoms with van der Waals surface area (Å²) in [7, 11) is 0. The molecule has 1 aromatic carbocycles. The van der Waals surface area contributed by atoms with Gasteiger partial charge in [0.2, 0.25) is 0 Å². The Labute approximate surface area is 90.5 Å². The summed E-state index contributed by atoms with van der Waals surface area (Å²) in [5, 5.41) is 12.3. The van der Waals surface area contributed by atoms with Crippen molar-refractivity contribution in [2.45, 2.75) is 10.8 Å². The zero-order chi connectivity index (χ0) is 10.1. The van der Waals surface area contributed by atoms with E-state index in [9.17, 15) is 9.90 Å². The fourth-order valence-electron chi connectivity index (χ4n) is 1.26. The van der Waals surface area contributed by atoms with Gasteiger partial charge in [0.05, 0.1) is 0 Å². The van der Waals surface area contributed by atoms with Crippen molar-refractivity contribution in [2.24, 2.45) is 0 Å². The SMILES string of the molecule is O=C1NC(c2cccc(Cl)c2)SC1O. The number of aliphatic hydroxyl groups is 1. The maximum absolute atomic E-state index is 11.0. The number of hydrogen-bond donors (Lipinski definition) is 2. The van der Waals surface area contributed by atoms with E-state index in [1.807, 2.05) is 12.1 Å². The van der Waals surface area contributed by atoms with Crippen LogP contribution in [0.1, 0.15) is 10.9 Å². The quantitative estimate of drug-likeness (QED) is 0.768. The lowest BCUT2D eigenvalue weighted by molar-refractivity contribution is -0.124. The van der Waals surface area contributed by atoms with E-state index >= 15 is 0 Å². The summed E-state index contributed by atoms with van der Waals surface area (Å²) in [6.45, 7) is 0. The Balaban J connectivity index is 2.21. The Kier molecular flexibility index (Phi) is 2.67. The summed E-state index contributed by atoms with van der Waals surface area (Å²) in [6, 6.07) is 7.22. The van der Waals surface area contributed by atoms with Crippen molar-refractivity contribution in [3.8, 4) is 0 Å². The fourth-order valence-corrected chi connectivity index (χ4v) is 2.39. The van der Waals surface area contributed by atoms with Crippen LogP contribution in [0.4, 0.5) is 0 Å². The number of hydrogen-bond acceptors (Lipinski definition) is 3. The minimum absolute atomic E-state index is 0.198. The average molecular weight is 230 g/mol. The molecule has 1 aromatic rings. The van der Waals surface area contributed by atoms with E-state index in [0.717, 1.165) is 5.56 Å². The predicted molar refractivity (Wildman–Crippen MR) is 55.9 cm³/mol. The van der Waals surface area contributed by atoms with E-state index in [-0.39, 0.29) is 11.3 Å². The highest BCUT2D eigenvalue weighted by atomic mass is 35.5. The normalized spacial score (nSPS) is 26.3. The minimum Gasteiger partial charge on any atom is -0.373 e. The standard InChI is InChI=1S/C9H8ClNO2S/c10-6-3-1-2-5(4-6)8-11-7(12)9(13)14-8/h1-4,8-9,13H,(H,11,12). The van der Waals surface area contributed by atoms with Crippen molar-refractivity contribution >= 4 is 29.3 Å². The first-order valence-electron chi connectivity index (χ1n) is 4.06. The summed E-state index contributed by atoms with van der Waals surface area (Å²) < 4.78 is 0. The second kappa shape index (κ2) is 3.81. The third-order valence-corrected chi connectivity index (χ3v) is 3.28. The van der Waals surface area contributed by atoms with Crippen molar-refractivity contribution in [1.82, 2.24) is 5.32 Å². The van der Waals surface area contributed by atoms with E-state index in [1.54, 1.807) is 12.1 Å². The lowest BCUT2D eigenvalue weighted by Gasteiger charge is -2.08. The number of thioether (sulfide) groups is 1. The zero-order valence-corrected chi connectivity index (χ0v) is 8.68. The monoisotopic (exact) mass is 229 g/mol. The number of rotatable bonds is 1. The van der Waals surface area contributed by atoms with Crippen molar-refractivity contribution < 1.29 is 9.90 Å². The van der Waals surface area contributed by atoms with Gasteiger partial charge in [-0.3, -0.25) is 4.79 Å². The summed E-state index contributed by atoms with van der Waals surface area (Å²) in [5.74, 6) is -0.347. The van der Waals surface area contributed by atoms with Gasteiger partial charge < -0.3 is 10.4 Å². The molecule has 2 rings (SSSR count). The predicted octanol–water partition coefficient (Wildman–Crippen LogP) is 1.52. The number of halogens is 1. The topological polar surface area (TPSA) is 49.3 Å². The van der Waals surface area contributed by atoms with Crippen molar-refractivity contribution in [3.05, 3.63) is 34.9 Å². The second-order valence-electron chi connectivity index (χ2n) is 2.93. The summed E-state index contributed by atoms with van der Waals surface area (Å²) >= 11 is 6.98. The third kappa shape index (κ3) is 1.87. The van der Waals surface area contributed by atoms with Crippen LogP contribution in [0.3, 0.4) is 0 Å². The van der Waals surface area contributed by atoms with Crippen LogP contribution < -0.4 is 5.32 Å². The highest BCUT2D eigenvalue weighted by molar-refractivity contribution is 8.01. The molecule has 1 aliphatic heterocycles. The van der Waals surface area contributed by atoms with Crippen LogP contribution in [-0.2, 0) is 4.79 Å². The van der Waals surface area contributed by atoms with Gasteiger partial charge in [-0.05, 0) is 17.7 Å². The van der Waals surface area contributed by atoms with Gasteiger partial charge in [-0.25, -0.2) is 0 Å². The van der Waals surface area contributed by atoms with Crippen LogP contribution in [0, 0.1) is 0 Å². The summed E-state index contributed by atoms with van der Waals surface area (Å²) in [6.07, 6.45) is 0. The van der Waals surface area contributed by atoms with Crippen molar-refractivity contribution in [1.29, 1.82) is 0 Å². The molecule has 1 amide bonds. The lowest BCUT2D eigenvalue weighted by Crippen LogP contribution is -2.23. The van der Waals surface area contributed by atoms with Crippen LogP contribution in [-0.4, -0.2) is 16.4 Å². The Morgan fingerprint density at radius 1 is 1.50 bits per heavy atom. The van der Waals surface area contributed by atoms with Gasteiger partial charge in [0, 0.05) is 5.02 Å². The maximum atomic E-state index is 11.0. The zero-order valence-electron chi connectivity index (χ0n) is 7.11. The number of nitrogens with one attached hydrogen (secondary N) is 1. The van der Waals surface area contributed by atoms with Crippen LogP contribution in [0.25, 0.3) is 0 Å². The van der Waals surface area contributed by atoms with Gasteiger partial charge in [-0.15, -0.1) is 0 Å². The van der Waals surface area contributed by atoms with Gasteiger partial charge in [0.15, 0.2) is 5.44 Å². The minimum atomic E-state index is -0.973. The first-order chi connectivity index (χ1) is 6.66. The molecule has 0 radical (unpaired) electrons. The van der Waals surface area contributed by atoms with Gasteiger partial charge in [0.25, 0.3) is 5.91 Å². The van der Waals surface area contributed by atoms with Gasteiger partial charge >= 0.3 is 0 Å². The van der Waals surface area contributed by atoms with Crippen LogP contribution >= 0.6 is 23.4 Å². The molecular weight excluding hydrogens is 222 g/mol. The second-order valence-corrected chi connectivity index (χ2v) is 4.56. The number of benzene rings is 1. The molecule has 3 nitrogen and oxygen atoms in total. The number of carbonyl (C=O) groups excluding carboxylic acids is 1. The smallest absolute Gasteiger partial charge is 0.260 e. The fraction of sp³-hybridized carbons (Fsp3) is 0.222. The first kappa shape index (κ1) is 9.83. The molecule has 1 aliphatic rings. The Morgan fingerprint density at radius 3 is 2.86 bits per heavy atom. The Morgan fingerprint density at radius 2 is 2.29 bits per heavy atom. The van der Waals surface area contributed by atoms with Crippen molar-refractivity contribution in [2.75, 3.05) is 0 Å². The number of carbonyl (C=O) groups is 1. The van der Waals surface area contributed by atoms with Gasteiger partial charge in [-0.1, -0.05) is 35.5 Å². The largest absolute Gasteiger partial charge is 0.373 e. The van der Waals surface area contributed by atoms with E-state index in [4.69, 9.17) is 11.6 Å². The maximum Gasteiger partial charge on any atom is 0.260 e. The van der Waals surface area contributed by atoms with Crippen LogP contribution in [0.15, 0.2) is 24.3 Å². The molecule has 5 heteroatoms. The molecule has 1 heterocycles. The summed E-state index contributed by atoms with van der Waals surface area (Å²) in [5.41, 5.74) is -0.0774. The van der Waals surface area contributed by atoms with Crippen LogP contribution in [0.2, 0.25) is 5.02 Å². The number of amides is 1. The van der Waals surface area contributed by atoms with E-state index < -0.39 is 5.44 Å². The lowest BCUT2D eigenvalue weighted by atomic mass is 10.2. The average Bonchev–Trinajstić information content (AvgIpc) is 2.47. The molecule has 1 fully saturated rings. The molecule has 14 heavy (non-hydrogen) atoms. The highest BCUT2D eigenvalue weighted by Crippen LogP contribution is 2.34. The Hall–Kier alpha value is -0.710. The van der Waals surface area contributed by atoms with E-state index in [0.29, 0.717) is 5.02 Å². The summed E-state index contributed by atoms with van der Waals surface area (Å²) in [4.78, 5) is 11.0. The highest BCUT2D eigenvalue weighted by Gasteiger charge is 2.31. The molecule has 0 spiro atoms. The molecule has 74 valence electrons. The number of aliphatic hydroxyl groups excluding tert-OH is 1. The molecule has 0 saturated carbocycles. The van der Waals surface area contributed by atoms with Crippen molar-refractivity contribution in [3.63, 3.8) is 0 Å². The van der Waals surface area contributed by atoms with Gasteiger partial charge in [0.1, 0.15) is 5.37 Å². The van der Waals surface area contributed by atoms with Gasteiger partial charge in [-0.2, -0.15) is 0 Å².